The molecule has 2 aromatic heterocycles. The van der Waals surface area contributed by atoms with Gasteiger partial charge in [0.05, 0.1) is 10.5 Å². The molecule has 0 aliphatic carbocycles. The Labute approximate surface area is 168 Å². The molecule has 0 aliphatic rings. The van der Waals surface area contributed by atoms with E-state index in [1.807, 2.05) is 0 Å². The van der Waals surface area contributed by atoms with Gasteiger partial charge in [0.15, 0.2) is 6.61 Å². The van der Waals surface area contributed by atoms with Crippen LogP contribution in [0.1, 0.15) is 37.0 Å². The molecule has 3 aromatic rings. The van der Waals surface area contributed by atoms with Crippen molar-refractivity contribution in [2.75, 3.05) is 0 Å². The van der Waals surface area contributed by atoms with Gasteiger partial charge in [-0.3, -0.25) is 4.98 Å². The number of rotatable bonds is 6. The van der Waals surface area contributed by atoms with Gasteiger partial charge in [-0.25, -0.2) is 17.9 Å². The molecule has 0 saturated carbocycles. The Morgan fingerprint density at radius 1 is 1.17 bits per heavy atom. The van der Waals surface area contributed by atoms with Crippen molar-refractivity contribution in [1.29, 1.82) is 0 Å². The molecular weight excluding hydrogens is 396 g/mol. The highest BCUT2D eigenvalue weighted by Gasteiger charge is 2.22. The topological polar surface area (TPSA) is 124 Å². The van der Waals surface area contributed by atoms with Crippen LogP contribution in [0.15, 0.2) is 58.2 Å². The van der Waals surface area contributed by atoms with E-state index in [1.165, 1.54) is 24.3 Å². The number of benzene rings is 1. The van der Waals surface area contributed by atoms with Crippen LogP contribution in [-0.4, -0.2) is 35.1 Å². The van der Waals surface area contributed by atoms with E-state index in [0.29, 0.717) is 11.4 Å². The lowest BCUT2D eigenvalue weighted by molar-refractivity contribution is 0.0429. The summed E-state index contributed by atoms with van der Waals surface area (Å²) < 4.78 is 37.4. The van der Waals surface area contributed by atoms with Gasteiger partial charge < -0.3 is 9.26 Å². The van der Waals surface area contributed by atoms with Gasteiger partial charge in [-0.15, -0.1) is 0 Å². The SMILES string of the molecule is CC(C)(C)NS(=O)(=O)c1ccc(C(=O)OCc2nc(-c3cccnc3)no2)cc1. The number of ether oxygens (including phenoxy) is 1. The van der Waals surface area contributed by atoms with Crippen molar-refractivity contribution in [2.45, 2.75) is 37.8 Å². The minimum absolute atomic E-state index is 0.0574. The molecule has 0 spiro atoms. The Balaban J connectivity index is 1.62. The Hall–Kier alpha value is -3.11. The van der Waals surface area contributed by atoms with Gasteiger partial charge in [-0.2, -0.15) is 4.98 Å². The number of pyridine rings is 1. The first-order valence-corrected chi connectivity index (χ1v) is 10.2. The average Bonchev–Trinajstić information content (AvgIpc) is 3.14. The highest BCUT2D eigenvalue weighted by Crippen LogP contribution is 2.16. The molecule has 1 N–H and O–H groups in total. The molecule has 3 rings (SSSR count). The third kappa shape index (κ3) is 5.46. The lowest BCUT2D eigenvalue weighted by Crippen LogP contribution is -2.40. The van der Waals surface area contributed by atoms with Crippen LogP contribution in [0.2, 0.25) is 0 Å². The summed E-state index contributed by atoms with van der Waals surface area (Å²) in [5, 5.41) is 3.81. The molecule has 29 heavy (non-hydrogen) atoms. The fraction of sp³-hybridized carbons (Fsp3) is 0.263. The second-order valence-electron chi connectivity index (χ2n) is 7.21. The van der Waals surface area contributed by atoms with Crippen molar-refractivity contribution in [1.82, 2.24) is 19.8 Å². The maximum Gasteiger partial charge on any atom is 0.338 e. The number of carbonyl (C=O) groups excluding carboxylic acids is 1. The van der Waals surface area contributed by atoms with Crippen molar-refractivity contribution >= 4 is 16.0 Å². The van der Waals surface area contributed by atoms with Crippen LogP contribution in [0.5, 0.6) is 0 Å². The summed E-state index contributed by atoms with van der Waals surface area (Å²) >= 11 is 0. The van der Waals surface area contributed by atoms with Gasteiger partial charge in [-0.1, -0.05) is 5.16 Å². The fourth-order valence-electron chi connectivity index (χ4n) is 2.37. The summed E-state index contributed by atoms with van der Waals surface area (Å²) in [6.45, 7) is 5.02. The number of hydrogen-bond donors (Lipinski definition) is 1. The van der Waals surface area contributed by atoms with E-state index in [1.54, 1.807) is 45.3 Å². The summed E-state index contributed by atoms with van der Waals surface area (Å²) in [7, 11) is -3.68. The van der Waals surface area contributed by atoms with Gasteiger partial charge in [0, 0.05) is 23.5 Å². The smallest absolute Gasteiger partial charge is 0.338 e. The maximum atomic E-state index is 12.3. The van der Waals surface area contributed by atoms with E-state index in [-0.39, 0.29) is 23.0 Å². The van der Waals surface area contributed by atoms with Crippen molar-refractivity contribution in [3.05, 3.63) is 60.2 Å². The van der Waals surface area contributed by atoms with Gasteiger partial charge in [0.2, 0.25) is 15.8 Å². The van der Waals surface area contributed by atoms with E-state index in [2.05, 4.69) is 19.8 Å². The number of esters is 1. The molecule has 9 nitrogen and oxygen atoms in total. The van der Waals surface area contributed by atoms with Crippen LogP contribution in [0.4, 0.5) is 0 Å². The van der Waals surface area contributed by atoms with Gasteiger partial charge in [0.25, 0.3) is 5.89 Å². The Kier molecular flexibility index (Phi) is 5.76. The molecule has 0 bridgehead atoms. The second-order valence-corrected chi connectivity index (χ2v) is 8.89. The third-order valence-corrected chi connectivity index (χ3v) is 5.33. The molecule has 0 radical (unpaired) electrons. The molecule has 2 heterocycles. The van der Waals surface area contributed by atoms with Crippen LogP contribution < -0.4 is 4.72 Å². The third-order valence-electron chi connectivity index (χ3n) is 3.56. The number of sulfonamides is 1. The predicted octanol–water partition coefficient (Wildman–Crippen LogP) is 2.57. The maximum absolute atomic E-state index is 12.3. The lowest BCUT2D eigenvalue weighted by Gasteiger charge is -2.20. The highest BCUT2D eigenvalue weighted by molar-refractivity contribution is 7.89. The summed E-state index contributed by atoms with van der Waals surface area (Å²) in [5.41, 5.74) is 0.260. The molecule has 0 saturated heterocycles. The Morgan fingerprint density at radius 2 is 1.90 bits per heavy atom. The normalized spacial score (nSPS) is 12.0. The van der Waals surface area contributed by atoms with E-state index in [4.69, 9.17) is 9.26 Å². The molecule has 0 unspecified atom stereocenters. The molecule has 10 heteroatoms. The minimum Gasteiger partial charge on any atom is -0.452 e. The van der Waals surface area contributed by atoms with Crippen molar-refractivity contribution < 1.29 is 22.5 Å². The summed E-state index contributed by atoms with van der Waals surface area (Å²) in [4.78, 5) is 20.4. The fourth-order valence-corrected chi connectivity index (χ4v) is 3.79. The van der Waals surface area contributed by atoms with Crippen LogP contribution in [0.25, 0.3) is 11.4 Å². The van der Waals surface area contributed by atoms with Gasteiger partial charge in [0.1, 0.15) is 0 Å². The molecule has 0 aliphatic heterocycles. The standard InChI is InChI=1S/C19H20N4O5S/c1-19(2,3)23-29(25,26)15-8-6-13(7-9-15)18(24)27-12-16-21-17(22-28-16)14-5-4-10-20-11-14/h4-11,23H,12H2,1-3H3. The lowest BCUT2D eigenvalue weighted by atomic mass is 10.1. The van der Waals surface area contributed by atoms with Crippen molar-refractivity contribution in [3.63, 3.8) is 0 Å². The zero-order chi connectivity index (χ0) is 21.1. The summed E-state index contributed by atoms with van der Waals surface area (Å²) in [6, 6.07) is 8.97. The Bertz CT molecular complexity index is 1090. The van der Waals surface area contributed by atoms with Gasteiger partial charge >= 0.3 is 5.97 Å². The zero-order valence-corrected chi connectivity index (χ0v) is 16.9. The molecule has 0 fully saturated rings. The predicted molar refractivity (Wildman–Crippen MR) is 103 cm³/mol. The number of hydrogen-bond acceptors (Lipinski definition) is 8. The molecule has 1 aromatic carbocycles. The number of aromatic nitrogens is 3. The van der Waals surface area contributed by atoms with Crippen LogP contribution in [-0.2, 0) is 21.4 Å². The second kappa shape index (κ2) is 8.10. The van der Waals surface area contributed by atoms with E-state index >= 15 is 0 Å². The largest absolute Gasteiger partial charge is 0.452 e. The average molecular weight is 416 g/mol. The van der Waals surface area contributed by atoms with E-state index in [0.717, 1.165) is 0 Å². The van der Waals surface area contributed by atoms with Crippen LogP contribution in [0, 0.1) is 0 Å². The van der Waals surface area contributed by atoms with Crippen LogP contribution >= 0.6 is 0 Å². The quantitative estimate of drug-likeness (QED) is 0.608. The number of nitrogens with zero attached hydrogens (tertiary/aromatic N) is 3. The van der Waals surface area contributed by atoms with E-state index in [9.17, 15) is 13.2 Å². The molecule has 152 valence electrons. The molecular formula is C19H20N4O5S. The zero-order valence-electron chi connectivity index (χ0n) is 16.1. The monoisotopic (exact) mass is 416 g/mol. The van der Waals surface area contributed by atoms with Crippen LogP contribution in [0.3, 0.4) is 0 Å². The first-order chi connectivity index (χ1) is 13.6. The first-order valence-electron chi connectivity index (χ1n) is 8.68. The first kappa shape index (κ1) is 20.6. The van der Waals surface area contributed by atoms with Crippen molar-refractivity contribution in [2.24, 2.45) is 0 Å². The number of carbonyl (C=O) groups is 1. The minimum atomic E-state index is -3.68. The number of nitrogens with one attached hydrogen (secondary N) is 1. The summed E-state index contributed by atoms with van der Waals surface area (Å²) in [6.07, 6.45) is 3.22. The molecule has 0 atom stereocenters. The van der Waals surface area contributed by atoms with E-state index < -0.39 is 21.5 Å². The summed E-state index contributed by atoms with van der Waals surface area (Å²) in [5.74, 6) is -0.172. The molecule has 0 amide bonds. The van der Waals surface area contributed by atoms with Gasteiger partial charge in [-0.05, 0) is 57.2 Å². The van der Waals surface area contributed by atoms with Crippen molar-refractivity contribution in [3.8, 4) is 11.4 Å². The highest BCUT2D eigenvalue weighted by atomic mass is 32.2. The Morgan fingerprint density at radius 3 is 2.52 bits per heavy atom.